The van der Waals surface area contributed by atoms with Crippen molar-refractivity contribution in [3.63, 3.8) is 0 Å². The van der Waals surface area contributed by atoms with Gasteiger partial charge in [-0.25, -0.2) is 4.98 Å². The van der Waals surface area contributed by atoms with E-state index in [9.17, 15) is 0 Å². The van der Waals surface area contributed by atoms with E-state index in [2.05, 4.69) is 18.0 Å². The zero-order valence-corrected chi connectivity index (χ0v) is 7.79. The highest BCUT2D eigenvalue weighted by Gasteiger charge is 2.18. The SMILES string of the molecule is CCc1cnc2c(c1)C(N)CCO2. The van der Waals surface area contributed by atoms with Gasteiger partial charge >= 0.3 is 0 Å². The van der Waals surface area contributed by atoms with Gasteiger partial charge in [0.1, 0.15) is 0 Å². The topological polar surface area (TPSA) is 48.1 Å². The van der Waals surface area contributed by atoms with Gasteiger partial charge in [0.2, 0.25) is 5.88 Å². The number of aromatic nitrogens is 1. The van der Waals surface area contributed by atoms with Gasteiger partial charge in [-0.3, -0.25) is 0 Å². The van der Waals surface area contributed by atoms with Crippen molar-refractivity contribution in [3.05, 3.63) is 23.4 Å². The van der Waals surface area contributed by atoms with Gasteiger partial charge in [0.25, 0.3) is 0 Å². The second-order valence-corrected chi connectivity index (χ2v) is 3.34. The molecule has 0 radical (unpaired) electrons. The van der Waals surface area contributed by atoms with E-state index in [4.69, 9.17) is 10.5 Å². The van der Waals surface area contributed by atoms with Crippen LogP contribution in [0.4, 0.5) is 0 Å². The molecule has 3 heteroatoms. The van der Waals surface area contributed by atoms with Crippen molar-refractivity contribution in [3.8, 4) is 5.88 Å². The lowest BCUT2D eigenvalue weighted by molar-refractivity contribution is 0.257. The monoisotopic (exact) mass is 178 g/mol. The van der Waals surface area contributed by atoms with Crippen molar-refractivity contribution in [2.24, 2.45) is 5.73 Å². The van der Waals surface area contributed by atoms with Gasteiger partial charge in [-0.15, -0.1) is 0 Å². The lowest BCUT2D eigenvalue weighted by Gasteiger charge is -2.22. The van der Waals surface area contributed by atoms with Crippen molar-refractivity contribution in [1.29, 1.82) is 0 Å². The Balaban J connectivity index is 2.41. The van der Waals surface area contributed by atoms with E-state index in [1.807, 2.05) is 6.20 Å². The van der Waals surface area contributed by atoms with E-state index in [0.29, 0.717) is 6.61 Å². The van der Waals surface area contributed by atoms with Crippen molar-refractivity contribution in [2.75, 3.05) is 6.61 Å². The average molecular weight is 178 g/mol. The van der Waals surface area contributed by atoms with Gasteiger partial charge in [-0.1, -0.05) is 6.92 Å². The molecule has 1 aromatic heterocycles. The number of ether oxygens (including phenoxy) is 1. The molecule has 0 aliphatic carbocycles. The Kier molecular flexibility index (Phi) is 2.19. The van der Waals surface area contributed by atoms with Crippen LogP contribution in [0.1, 0.15) is 30.5 Å². The highest BCUT2D eigenvalue weighted by molar-refractivity contribution is 5.34. The largest absolute Gasteiger partial charge is 0.477 e. The van der Waals surface area contributed by atoms with Gasteiger partial charge in [0.15, 0.2) is 0 Å². The van der Waals surface area contributed by atoms with Crippen LogP contribution < -0.4 is 10.5 Å². The van der Waals surface area contributed by atoms with E-state index >= 15 is 0 Å². The molecule has 1 aromatic rings. The fourth-order valence-corrected chi connectivity index (χ4v) is 1.53. The first-order valence-corrected chi connectivity index (χ1v) is 4.68. The van der Waals surface area contributed by atoms with Crippen LogP contribution in [0.25, 0.3) is 0 Å². The summed E-state index contributed by atoms with van der Waals surface area (Å²) in [5.41, 5.74) is 8.23. The minimum absolute atomic E-state index is 0.0998. The summed E-state index contributed by atoms with van der Waals surface area (Å²) in [7, 11) is 0. The minimum atomic E-state index is 0.0998. The van der Waals surface area contributed by atoms with Crippen LogP contribution in [-0.2, 0) is 6.42 Å². The summed E-state index contributed by atoms with van der Waals surface area (Å²) in [6, 6.07) is 2.20. The number of hydrogen-bond donors (Lipinski definition) is 1. The zero-order chi connectivity index (χ0) is 9.26. The van der Waals surface area contributed by atoms with Crippen LogP contribution in [0, 0.1) is 0 Å². The predicted octanol–water partition coefficient (Wildman–Crippen LogP) is 1.43. The third-order valence-corrected chi connectivity index (χ3v) is 2.41. The van der Waals surface area contributed by atoms with Crippen LogP contribution in [0.2, 0.25) is 0 Å². The summed E-state index contributed by atoms with van der Waals surface area (Å²) < 4.78 is 5.40. The van der Waals surface area contributed by atoms with Crippen molar-refractivity contribution < 1.29 is 4.74 Å². The van der Waals surface area contributed by atoms with Crippen LogP contribution in [0.15, 0.2) is 12.3 Å². The Labute approximate surface area is 77.9 Å². The van der Waals surface area contributed by atoms with Gasteiger partial charge in [0, 0.05) is 24.2 Å². The Morgan fingerprint density at radius 2 is 2.54 bits per heavy atom. The molecule has 3 nitrogen and oxygen atoms in total. The average Bonchev–Trinajstić information content (AvgIpc) is 2.18. The third-order valence-electron chi connectivity index (χ3n) is 2.41. The Morgan fingerprint density at radius 1 is 1.69 bits per heavy atom. The predicted molar refractivity (Wildman–Crippen MR) is 50.7 cm³/mol. The second kappa shape index (κ2) is 3.34. The molecule has 70 valence electrons. The van der Waals surface area contributed by atoms with Crippen LogP contribution >= 0.6 is 0 Å². The van der Waals surface area contributed by atoms with E-state index in [0.717, 1.165) is 24.3 Å². The van der Waals surface area contributed by atoms with Gasteiger partial charge in [0.05, 0.1) is 6.61 Å². The number of rotatable bonds is 1. The van der Waals surface area contributed by atoms with Crippen molar-refractivity contribution in [1.82, 2.24) is 4.98 Å². The molecule has 0 saturated carbocycles. The standard InChI is InChI=1S/C10H14N2O/c1-2-7-5-8-9(11)3-4-13-10(8)12-6-7/h5-6,9H,2-4,11H2,1H3. The molecule has 0 saturated heterocycles. The molecule has 2 rings (SSSR count). The Morgan fingerprint density at radius 3 is 3.31 bits per heavy atom. The zero-order valence-electron chi connectivity index (χ0n) is 7.79. The number of hydrogen-bond acceptors (Lipinski definition) is 3. The molecule has 1 atom stereocenters. The third kappa shape index (κ3) is 1.52. The van der Waals surface area contributed by atoms with Gasteiger partial charge < -0.3 is 10.5 Å². The van der Waals surface area contributed by atoms with Gasteiger partial charge in [-0.05, 0) is 18.1 Å². The summed E-state index contributed by atoms with van der Waals surface area (Å²) >= 11 is 0. The van der Waals surface area contributed by atoms with E-state index in [-0.39, 0.29) is 6.04 Å². The van der Waals surface area contributed by atoms with Crippen molar-refractivity contribution >= 4 is 0 Å². The lowest BCUT2D eigenvalue weighted by Crippen LogP contribution is -2.21. The molecule has 1 aliphatic rings. The molecule has 1 aliphatic heterocycles. The molecule has 1 unspecified atom stereocenters. The maximum Gasteiger partial charge on any atom is 0.218 e. The minimum Gasteiger partial charge on any atom is -0.477 e. The smallest absolute Gasteiger partial charge is 0.218 e. The normalized spacial score (nSPS) is 20.6. The van der Waals surface area contributed by atoms with Crippen molar-refractivity contribution in [2.45, 2.75) is 25.8 Å². The summed E-state index contributed by atoms with van der Waals surface area (Å²) in [5, 5.41) is 0. The molecule has 0 fully saturated rings. The molecule has 0 bridgehead atoms. The summed E-state index contributed by atoms with van der Waals surface area (Å²) in [6.07, 6.45) is 3.74. The van der Waals surface area contributed by atoms with E-state index < -0.39 is 0 Å². The lowest BCUT2D eigenvalue weighted by atomic mass is 10.0. The quantitative estimate of drug-likeness (QED) is 0.707. The molecule has 0 aromatic carbocycles. The highest BCUT2D eigenvalue weighted by atomic mass is 16.5. The highest BCUT2D eigenvalue weighted by Crippen LogP contribution is 2.28. The maximum absolute atomic E-state index is 5.95. The van der Waals surface area contributed by atoms with E-state index in [1.165, 1.54) is 5.56 Å². The number of nitrogens with two attached hydrogens (primary N) is 1. The number of aryl methyl sites for hydroxylation is 1. The number of pyridine rings is 1. The Bertz CT molecular complexity index is 312. The summed E-state index contributed by atoms with van der Waals surface area (Å²) in [4.78, 5) is 4.24. The molecule has 13 heavy (non-hydrogen) atoms. The molecule has 2 heterocycles. The summed E-state index contributed by atoms with van der Waals surface area (Å²) in [6.45, 7) is 2.80. The first kappa shape index (κ1) is 8.51. The fourth-order valence-electron chi connectivity index (χ4n) is 1.53. The molecule has 2 N–H and O–H groups in total. The van der Waals surface area contributed by atoms with Gasteiger partial charge in [-0.2, -0.15) is 0 Å². The van der Waals surface area contributed by atoms with Crippen LogP contribution in [0.3, 0.4) is 0 Å². The molecule has 0 amide bonds. The molecular formula is C10H14N2O. The summed E-state index contributed by atoms with van der Waals surface area (Å²) in [5.74, 6) is 0.718. The number of fused-ring (bicyclic) bond motifs is 1. The molecular weight excluding hydrogens is 164 g/mol. The second-order valence-electron chi connectivity index (χ2n) is 3.34. The molecule has 0 spiro atoms. The number of nitrogens with zero attached hydrogens (tertiary/aromatic N) is 1. The first-order valence-electron chi connectivity index (χ1n) is 4.68. The fraction of sp³-hybridized carbons (Fsp3) is 0.500. The Hall–Kier alpha value is -1.09. The van der Waals surface area contributed by atoms with Crippen LogP contribution in [0.5, 0.6) is 5.88 Å². The van der Waals surface area contributed by atoms with E-state index in [1.54, 1.807) is 0 Å². The first-order chi connectivity index (χ1) is 6.31. The van der Waals surface area contributed by atoms with Crippen LogP contribution in [-0.4, -0.2) is 11.6 Å². The maximum atomic E-state index is 5.95.